The van der Waals surface area contributed by atoms with Crippen molar-refractivity contribution in [2.24, 2.45) is 0 Å². The van der Waals surface area contributed by atoms with Crippen molar-refractivity contribution in [3.05, 3.63) is 59.3 Å². The number of carbonyl (C=O) groups is 1. The van der Waals surface area contributed by atoms with Crippen molar-refractivity contribution in [2.45, 2.75) is 33.1 Å². The molecule has 1 aromatic carbocycles. The van der Waals surface area contributed by atoms with E-state index in [4.69, 9.17) is 0 Å². The van der Waals surface area contributed by atoms with Crippen LogP contribution in [-0.2, 0) is 5.41 Å². The Hall–Kier alpha value is -2.16. The predicted octanol–water partition coefficient (Wildman–Crippen LogP) is 3.94. The summed E-state index contributed by atoms with van der Waals surface area (Å²) < 4.78 is 0. The molecule has 0 radical (unpaired) electrons. The Morgan fingerprint density at radius 3 is 2.25 bits per heavy atom. The van der Waals surface area contributed by atoms with Gasteiger partial charge in [0, 0.05) is 11.3 Å². The first-order chi connectivity index (χ1) is 9.36. The number of aryl methyl sites for hydroxylation is 1. The van der Waals surface area contributed by atoms with E-state index in [1.54, 1.807) is 6.07 Å². The molecule has 0 aliphatic rings. The molecule has 0 saturated carbocycles. The third kappa shape index (κ3) is 3.44. The van der Waals surface area contributed by atoms with Crippen LogP contribution in [0.5, 0.6) is 0 Å². The zero-order valence-electron chi connectivity index (χ0n) is 12.4. The van der Waals surface area contributed by atoms with Gasteiger partial charge in [0.1, 0.15) is 5.82 Å². The van der Waals surface area contributed by atoms with Crippen LogP contribution in [-0.4, -0.2) is 10.9 Å². The molecular weight excluding hydrogens is 248 g/mol. The predicted molar refractivity (Wildman–Crippen MR) is 82.1 cm³/mol. The van der Waals surface area contributed by atoms with E-state index in [0.717, 1.165) is 5.69 Å². The highest BCUT2D eigenvalue weighted by atomic mass is 16.1. The lowest BCUT2D eigenvalue weighted by Crippen LogP contribution is -2.15. The highest BCUT2D eigenvalue weighted by Gasteiger charge is 2.14. The molecule has 0 bridgehead atoms. The van der Waals surface area contributed by atoms with E-state index in [2.05, 4.69) is 31.1 Å². The third-order valence-corrected chi connectivity index (χ3v) is 3.14. The fourth-order valence-electron chi connectivity index (χ4n) is 1.92. The first-order valence-electron chi connectivity index (χ1n) is 6.72. The number of hydrogen-bond acceptors (Lipinski definition) is 2. The van der Waals surface area contributed by atoms with Crippen LogP contribution in [0.2, 0.25) is 0 Å². The lowest BCUT2D eigenvalue weighted by molar-refractivity contribution is 0.102. The number of benzene rings is 1. The number of aromatic nitrogens is 1. The second-order valence-electron chi connectivity index (χ2n) is 5.95. The van der Waals surface area contributed by atoms with Crippen molar-refractivity contribution < 1.29 is 4.79 Å². The minimum atomic E-state index is -0.136. The molecule has 1 heterocycles. The zero-order chi connectivity index (χ0) is 14.8. The second-order valence-corrected chi connectivity index (χ2v) is 5.95. The molecular formula is C17H20N2O. The van der Waals surface area contributed by atoms with Crippen LogP contribution in [0.25, 0.3) is 0 Å². The molecule has 2 aromatic rings. The largest absolute Gasteiger partial charge is 0.307 e. The maximum atomic E-state index is 12.1. The molecule has 0 unspecified atom stereocenters. The van der Waals surface area contributed by atoms with Gasteiger partial charge in [-0.3, -0.25) is 4.79 Å². The highest BCUT2D eigenvalue weighted by Crippen LogP contribution is 2.22. The summed E-state index contributed by atoms with van der Waals surface area (Å²) in [6.07, 6.45) is 0. The van der Waals surface area contributed by atoms with Crippen molar-refractivity contribution in [1.82, 2.24) is 4.98 Å². The smallest absolute Gasteiger partial charge is 0.256 e. The van der Waals surface area contributed by atoms with Gasteiger partial charge in [-0.15, -0.1) is 0 Å². The van der Waals surface area contributed by atoms with Gasteiger partial charge >= 0.3 is 0 Å². The summed E-state index contributed by atoms with van der Waals surface area (Å²) in [5, 5.41) is 2.81. The molecule has 0 aliphatic heterocycles. The van der Waals surface area contributed by atoms with Gasteiger partial charge in [0.15, 0.2) is 0 Å². The molecule has 2 rings (SSSR count). The average Bonchev–Trinajstić information content (AvgIpc) is 2.38. The molecule has 1 N–H and O–H groups in total. The van der Waals surface area contributed by atoms with Crippen LogP contribution in [0.15, 0.2) is 42.5 Å². The van der Waals surface area contributed by atoms with Crippen molar-refractivity contribution in [1.29, 1.82) is 0 Å². The van der Waals surface area contributed by atoms with E-state index < -0.39 is 0 Å². The number of rotatable bonds is 2. The number of anilines is 1. The molecule has 1 aromatic heterocycles. The van der Waals surface area contributed by atoms with Gasteiger partial charge in [-0.1, -0.05) is 39.0 Å². The van der Waals surface area contributed by atoms with Crippen molar-refractivity contribution in [3.8, 4) is 0 Å². The summed E-state index contributed by atoms with van der Waals surface area (Å²) in [7, 11) is 0. The van der Waals surface area contributed by atoms with Crippen LogP contribution < -0.4 is 5.32 Å². The molecule has 3 heteroatoms. The summed E-state index contributed by atoms with van der Waals surface area (Å²) in [6, 6.07) is 13.3. The lowest BCUT2D eigenvalue weighted by Gasteiger charge is -2.19. The third-order valence-electron chi connectivity index (χ3n) is 3.14. The van der Waals surface area contributed by atoms with Crippen molar-refractivity contribution >= 4 is 11.7 Å². The first kappa shape index (κ1) is 14.3. The summed E-state index contributed by atoms with van der Waals surface area (Å²) in [6.45, 7) is 8.35. The zero-order valence-corrected chi connectivity index (χ0v) is 12.4. The summed E-state index contributed by atoms with van der Waals surface area (Å²) in [4.78, 5) is 16.4. The van der Waals surface area contributed by atoms with E-state index in [9.17, 15) is 4.79 Å². The Balaban J connectivity index is 2.14. The SMILES string of the molecule is Cc1cccc(NC(=O)c2ccc(C(C)(C)C)cc2)n1. The van der Waals surface area contributed by atoms with Gasteiger partial charge in [-0.25, -0.2) is 4.98 Å². The topological polar surface area (TPSA) is 42.0 Å². The number of hydrogen-bond donors (Lipinski definition) is 1. The van der Waals surface area contributed by atoms with Gasteiger partial charge in [-0.05, 0) is 42.2 Å². The maximum absolute atomic E-state index is 12.1. The number of carbonyl (C=O) groups excluding carboxylic acids is 1. The Labute approximate surface area is 120 Å². The van der Waals surface area contributed by atoms with E-state index in [-0.39, 0.29) is 11.3 Å². The molecule has 0 atom stereocenters. The summed E-state index contributed by atoms with van der Waals surface area (Å²) in [5.41, 5.74) is 2.82. The van der Waals surface area contributed by atoms with E-state index in [1.165, 1.54) is 5.56 Å². The van der Waals surface area contributed by atoms with E-state index in [1.807, 2.05) is 43.3 Å². The van der Waals surface area contributed by atoms with Crippen molar-refractivity contribution in [2.75, 3.05) is 5.32 Å². The van der Waals surface area contributed by atoms with Gasteiger partial charge in [0.25, 0.3) is 5.91 Å². The highest BCUT2D eigenvalue weighted by molar-refractivity contribution is 6.03. The maximum Gasteiger partial charge on any atom is 0.256 e. The van der Waals surface area contributed by atoms with Crippen LogP contribution >= 0.6 is 0 Å². The van der Waals surface area contributed by atoms with Gasteiger partial charge in [0.2, 0.25) is 0 Å². The fraction of sp³-hybridized carbons (Fsp3) is 0.294. The van der Waals surface area contributed by atoms with Gasteiger partial charge in [-0.2, -0.15) is 0 Å². The number of nitrogens with zero attached hydrogens (tertiary/aromatic N) is 1. The normalized spacial score (nSPS) is 11.2. The lowest BCUT2D eigenvalue weighted by atomic mass is 9.87. The standard InChI is InChI=1S/C17H20N2O/c1-12-6-5-7-15(18-12)19-16(20)13-8-10-14(11-9-13)17(2,3)4/h5-11H,1-4H3,(H,18,19,20). The molecule has 1 amide bonds. The van der Waals surface area contributed by atoms with Crippen LogP contribution in [0, 0.1) is 6.92 Å². The quantitative estimate of drug-likeness (QED) is 0.896. The minimum absolute atomic E-state index is 0.0904. The monoisotopic (exact) mass is 268 g/mol. The Morgan fingerprint density at radius 2 is 1.70 bits per heavy atom. The average molecular weight is 268 g/mol. The minimum Gasteiger partial charge on any atom is -0.307 e. The van der Waals surface area contributed by atoms with Gasteiger partial charge in [0.05, 0.1) is 0 Å². The second kappa shape index (κ2) is 5.45. The molecule has 0 saturated heterocycles. The fourth-order valence-corrected chi connectivity index (χ4v) is 1.92. The van der Waals surface area contributed by atoms with Crippen LogP contribution in [0.3, 0.4) is 0 Å². The summed E-state index contributed by atoms with van der Waals surface area (Å²) >= 11 is 0. The molecule has 20 heavy (non-hydrogen) atoms. The van der Waals surface area contributed by atoms with E-state index in [0.29, 0.717) is 11.4 Å². The Bertz CT molecular complexity index is 610. The van der Waals surface area contributed by atoms with Crippen LogP contribution in [0.1, 0.15) is 42.4 Å². The summed E-state index contributed by atoms with van der Waals surface area (Å²) in [5.74, 6) is 0.443. The van der Waals surface area contributed by atoms with Crippen LogP contribution in [0.4, 0.5) is 5.82 Å². The molecule has 0 fully saturated rings. The number of amides is 1. The Morgan fingerprint density at radius 1 is 1.05 bits per heavy atom. The molecule has 0 aliphatic carbocycles. The molecule has 104 valence electrons. The van der Waals surface area contributed by atoms with E-state index >= 15 is 0 Å². The number of pyridine rings is 1. The first-order valence-corrected chi connectivity index (χ1v) is 6.72. The molecule has 3 nitrogen and oxygen atoms in total. The van der Waals surface area contributed by atoms with Gasteiger partial charge < -0.3 is 5.32 Å². The number of nitrogens with one attached hydrogen (secondary N) is 1. The molecule has 0 spiro atoms. The van der Waals surface area contributed by atoms with Crippen molar-refractivity contribution in [3.63, 3.8) is 0 Å². The Kier molecular flexibility index (Phi) is 3.89.